The molecule has 2 aromatic carbocycles. The second-order valence-electron chi connectivity index (χ2n) is 4.17. The highest BCUT2D eigenvalue weighted by Gasteiger charge is 2.21. The number of tetrazole rings is 1. The predicted octanol–water partition coefficient (Wildman–Crippen LogP) is -0.274. The zero-order valence-corrected chi connectivity index (χ0v) is 13.3. The molecule has 0 unspecified atom stereocenters. The first-order chi connectivity index (χ1) is 10.2. The lowest BCUT2D eigenvalue weighted by Crippen LogP contribution is -3.00. The summed E-state index contributed by atoms with van der Waals surface area (Å²) in [6, 6.07) is 16.1. The maximum Gasteiger partial charge on any atom is 0.409 e. The number of halogens is 3. The molecular formula is C14H8Cl3N5. The third-order valence-corrected chi connectivity index (χ3v) is 3.28. The molecule has 0 amide bonds. The van der Waals surface area contributed by atoms with Gasteiger partial charge in [-0.05, 0) is 53.3 Å². The molecule has 0 saturated carbocycles. The molecule has 5 nitrogen and oxygen atoms in total. The topological polar surface area (TPSA) is 58.4 Å². The van der Waals surface area contributed by atoms with Crippen LogP contribution in [0.5, 0.6) is 0 Å². The van der Waals surface area contributed by atoms with Crippen LogP contribution in [-0.2, 0) is 0 Å². The van der Waals surface area contributed by atoms with E-state index in [0.717, 1.165) is 11.4 Å². The van der Waals surface area contributed by atoms with Crippen LogP contribution in [0.2, 0.25) is 10.0 Å². The monoisotopic (exact) mass is 351 g/mol. The fourth-order valence-electron chi connectivity index (χ4n) is 1.81. The van der Waals surface area contributed by atoms with Gasteiger partial charge < -0.3 is 12.4 Å². The summed E-state index contributed by atoms with van der Waals surface area (Å²) >= 11 is 11.8. The van der Waals surface area contributed by atoms with Crippen LogP contribution < -0.4 is 17.2 Å². The van der Waals surface area contributed by atoms with E-state index in [4.69, 9.17) is 28.5 Å². The first-order valence-corrected chi connectivity index (χ1v) is 6.74. The summed E-state index contributed by atoms with van der Waals surface area (Å²) in [5.74, 6) is 0.0694. The van der Waals surface area contributed by atoms with E-state index in [1.165, 1.54) is 9.59 Å². The standard InChI is InChI=1S/C14H8Cl2N5.ClH/c15-10-1-5-12(6-2-10)20-18-14(9-17)19-21(20)13-7-3-11(16)4-8-13;/h1-8H;1H/q+1;/p-1. The van der Waals surface area contributed by atoms with E-state index in [-0.39, 0.29) is 18.2 Å². The van der Waals surface area contributed by atoms with E-state index < -0.39 is 0 Å². The SMILES string of the molecule is N#Cc1nn(-c2ccc(Cl)cc2)[n+](-c2ccc(Cl)cc2)n1.[Cl-]. The van der Waals surface area contributed by atoms with Crippen LogP contribution in [0.3, 0.4) is 0 Å². The second kappa shape index (κ2) is 6.75. The third-order valence-electron chi connectivity index (χ3n) is 2.77. The summed E-state index contributed by atoms with van der Waals surface area (Å²) in [4.78, 5) is 3.05. The number of benzene rings is 2. The van der Waals surface area contributed by atoms with Crippen molar-refractivity contribution in [3.63, 3.8) is 0 Å². The van der Waals surface area contributed by atoms with Gasteiger partial charge in [0.25, 0.3) is 0 Å². The third kappa shape index (κ3) is 3.20. The van der Waals surface area contributed by atoms with Crippen molar-refractivity contribution in [1.29, 1.82) is 5.26 Å². The maximum atomic E-state index is 9.01. The average molecular weight is 353 g/mol. The van der Waals surface area contributed by atoms with E-state index >= 15 is 0 Å². The van der Waals surface area contributed by atoms with Crippen molar-refractivity contribution in [2.24, 2.45) is 0 Å². The van der Waals surface area contributed by atoms with Crippen molar-refractivity contribution >= 4 is 23.2 Å². The molecule has 0 aliphatic carbocycles. The molecule has 3 rings (SSSR count). The smallest absolute Gasteiger partial charge is 0.409 e. The molecule has 1 heterocycles. The van der Waals surface area contributed by atoms with Gasteiger partial charge in [0.1, 0.15) is 5.69 Å². The fraction of sp³-hybridized carbons (Fsp3) is 0. The van der Waals surface area contributed by atoms with Crippen LogP contribution in [0.1, 0.15) is 5.82 Å². The molecule has 0 fully saturated rings. The number of nitrogens with zero attached hydrogens (tertiary/aromatic N) is 5. The zero-order valence-electron chi connectivity index (χ0n) is 11.0. The van der Waals surface area contributed by atoms with E-state index in [2.05, 4.69) is 10.2 Å². The zero-order chi connectivity index (χ0) is 14.8. The van der Waals surface area contributed by atoms with Crippen LogP contribution in [0.4, 0.5) is 0 Å². The first-order valence-electron chi connectivity index (χ1n) is 5.99. The van der Waals surface area contributed by atoms with Gasteiger partial charge >= 0.3 is 5.82 Å². The number of nitriles is 1. The summed E-state index contributed by atoms with van der Waals surface area (Å²) in [5.41, 5.74) is 1.48. The number of hydrogen-bond donors (Lipinski definition) is 0. The molecule has 0 atom stereocenters. The molecule has 110 valence electrons. The van der Waals surface area contributed by atoms with Crippen LogP contribution in [0.15, 0.2) is 48.5 Å². The Hall–Kier alpha value is -2.13. The summed E-state index contributed by atoms with van der Waals surface area (Å²) in [6.07, 6.45) is 0. The van der Waals surface area contributed by atoms with Crippen molar-refractivity contribution < 1.29 is 17.2 Å². The summed E-state index contributed by atoms with van der Waals surface area (Å²) in [5, 5.41) is 18.6. The quantitative estimate of drug-likeness (QED) is 0.597. The summed E-state index contributed by atoms with van der Waals surface area (Å²) in [6.45, 7) is 0. The molecule has 1 aromatic heterocycles. The Morgan fingerprint density at radius 1 is 0.955 bits per heavy atom. The number of rotatable bonds is 2. The Bertz CT molecular complexity index is 756. The molecule has 0 aliphatic heterocycles. The Morgan fingerprint density at radius 3 is 2.05 bits per heavy atom. The van der Waals surface area contributed by atoms with Gasteiger partial charge in [-0.25, -0.2) is 0 Å². The van der Waals surface area contributed by atoms with Gasteiger partial charge in [0, 0.05) is 19.9 Å². The van der Waals surface area contributed by atoms with E-state index in [1.54, 1.807) is 48.5 Å². The van der Waals surface area contributed by atoms with E-state index in [1.807, 2.05) is 6.07 Å². The largest absolute Gasteiger partial charge is 1.00 e. The minimum Gasteiger partial charge on any atom is -1.00 e. The van der Waals surface area contributed by atoms with Gasteiger partial charge in [0.05, 0.1) is 5.10 Å². The van der Waals surface area contributed by atoms with Gasteiger partial charge in [0.2, 0.25) is 0 Å². The van der Waals surface area contributed by atoms with Gasteiger partial charge in [-0.2, -0.15) is 5.26 Å². The molecule has 8 heteroatoms. The molecule has 0 bridgehead atoms. The van der Waals surface area contributed by atoms with Crippen LogP contribution in [-0.4, -0.2) is 15.0 Å². The van der Waals surface area contributed by atoms with Gasteiger partial charge in [0.15, 0.2) is 11.8 Å². The number of aromatic nitrogens is 4. The first kappa shape index (κ1) is 16.2. The molecule has 3 aromatic rings. The van der Waals surface area contributed by atoms with Gasteiger partial charge in [-0.3, -0.25) is 0 Å². The minimum absolute atomic E-state index is 0. The highest BCUT2D eigenvalue weighted by atomic mass is 35.5. The Labute approximate surface area is 142 Å². The maximum absolute atomic E-state index is 9.01. The minimum atomic E-state index is 0. The highest BCUT2D eigenvalue weighted by Crippen LogP contribution is 2.13. The fourth-order valence-corrected chi connectivity index (χ4v) is 2.06. The Balaban J connectivity index is 0.00000176. The van der Waals surface area contributed by atoms with Crippen molar-refractivity contribution in [1.82, 2.24) is 15.0 Å². The lowest BCUT2D eigenvalue weighted by Gasteiger charge is -2.00. The van der Waals surface area contributed by atoms with Crippen LogP contribution >= 0.6 is 23.2 Å². The average Bonchev–Trinajstić information content (AvgIpc) is 2.93. The Morgan fingerprint density at radius 2 is 1.50 bits per heavy atom. The van der Waals surface area contributed by atoms with Crippen LogP contribution in [0, 0.1) is 11.3 Å². The van der Waals surface area contributed by atoms with E-state index in [9.17, 15) is 0 Å². The molecule has 0 aliphatic rings. The second-order valence-corrected chi connectivity index (χ2v) is 5.04. The lowest BCUT2D eigenvalue weighted by molar-refractivity contribution is -0.735. The van der Waals surface area contributed by atoms with Gasteiger partial charge in [-0.1, -0.05) is 23.2 Å². The van der Waals surface area contributed by atoms with Crippen molar-refractivity contribution in [2.45, 2.75) is 0 Å². The van der Waals surface area contributed by atoms with E-state index in [0.29, 0.717) is 10.0 Å². The molecule has 22 heavy (non-hydrogen) atoms. The predicted molar refractivity (Wildman–Crippen MR) is 77.6 cm³/mol. The number of hydrogen-bond acceptors (Lipinski definition) is 3. The highest BCUT2D eigenvalue weighted by molar-refractivity contribution is 6.30. The summed E-state index contributed by atoms with van der Waals surface area (Å²) in [7, 11) is 0. The van der Waals surface area contributed by atoms with Gasteiger partial charge in [-0.15, -0.1) is 0 Å². The van der Waals surface area contributed by atoms with Crippen molar-refractivity contribution in [3.8, 4) is 17.4 Å². The van der Waals surface area contributed by atoms with Crippen molar-refractivity contribution in [2.75, 3.05) is 0 Å². The van der Waals surface area contributed by atoms with Crippen LogP contribution in [0.25, 0.3) is 11.4 Å². The summed E-state index contributed by atoms with van der Waals surface area (Å²) < 4.78 is 0. The lowest BCUT2D eigenvalue weighted by atomic mass is 10.3. The molecule has 0 saturated heterocycles. The molecule has 0 spiro atoms. The molecule has 0 radical (unpaired) electrons. The molecule has 0 N–H and O–H groups in total. The Kier molecular flexibility index (Phi) is 4.99. The van der Waals surface area contributed by atoms with Crippen molar-refractivity contribution in [3.05, 3.63) is 64.4 Å². The normalized spacial score (nSPS) is 9.86. The molecular weight excluding hydrogens is 345 g/mol.